The van der Waals surface area contributed by atoms with Gasteiger partial charge in [-0.05, 0) is 121 Å². The number of carbonyl (C=O) groups excluding carboxylic acids is 2. The minimum Gasteiger partial charge on any atom is -0.506 e. The summed E-state index contributed by atoms with van der Waals surface area (Å²) in [6.45, 7) is 14.5. The fourth-order valence-electron chi connectivity index (χ4n) is 7.95. The molecule has 1 aliphatic heterocycles. The first kappa shape index (κ1) is 45.8. The van der Waals surface area contributed by atoms with Crippen LogP contribution in [0.15, 0.2) is 103 Å². The van der Waals surface area contributed by atoms with E-state index in [4.69, 9.17) is 19.6 Å². The minimum atomic E-state index is -2.18. The van der Waals surface area contributed by atoms with Crippen LogP contribution < -0.4 is 31.2 Å². The highest BCUT2D eigenvalue weighted by Crippen LogP contribution is 2.45. The number of fused-ring (bicyclic) bond motifs is 2. The van der Waals surface area contributed by atoms with Crippen molar-refractivity contribution in [1.29, 1.82) is 0 Å². The van der Waals surface area contributed by atoms with Crippen molar-refractivity contribution in [2.45, 2.75) is 84.0 Å². The van der Waals surface area contributed by atoms with Gasteiger partial charge >= 0.3 is 0 Å². The zero-order valence-corrected chi connectivity index (χ0v) is 39.1. The van der Waals surface area contributed by atoms with Gasteiger partial charge in [-0.3, -0.25) is 14.6 Å². The third kappa shape index (κ3) is 10.8. The molecule has 5 aromatic carbocycles. The van der Waals surface area contributed by atoms with Gasteiger partial charge in [0.25, 0.3) is 11.8 Å². The van der Waals surface area contributed by atoms with Crippen molar-refractivity contribution in [3.63, 3.8) is 0 Å². The molecular weight excluding hydrogens is 819 g/mol. The van der Waals surface area contributed by atoms with Gasteiger partial charge in [0.05, 0.1) is 30.0 Å². The number of hydrogen-bond acceptors (Lipinski definition) is 9. The fraction of sp³-hybridized carbons (Fsp3) is 0.327. The molecule has 0 radical (unpaired) electrons. The molecule has 11 nitrogen and oxygen atoms in total. The molecule has 0 aliphatic carbocycles. The Hall–Kier alpha value is -6.21. The molecule has 0 unspecified atom stereocenters. The van der Waals surface area contributed by atoms with Crippen LogP contribution in [-0.4, -0.2) is 57.0 Å². The summed E-state index contributed by atoms with van der Waals surface area (Å²) in [4.78, 5) is 29.3. The predicted molar refractivity (Wildman–Crippen MR) is 260 cm³/mol. The summed E-state index contributed by atoms with van der Waals surface area (Å²) in [5.74, 6) is 0.322. The number of unbranched alkanes of at least 4 members (excludes halogenated alkanes) is 2. The van der Waals surface area contributed by atoms with Crippen LogP contribution >= 0.6 is 0 Å². The number of primary amides is 1. The number of benzene rings is 5. The lowest BCUT2D eigenvalue weighted by molar-refractivity contribution is -0.118. The second-order valence-corrected chi connectivity index (χ2v) is 23.0. The summed E-state index contributed by atoms with van der Waals surface area (Å²) in [6.07, 6.45) is 6.14. The summed E-state index contributed by atoms with van der Waals surface area (Å²) in [5, 5.41) is 21.1. The SMILES string of the molecule is COc1cccc(Nc2c(C(N)=O)cnc3c(C)cc(Cc4cccc(-c5ccc(CCCCCNC[C@H](O[Si](C)(C)C(C)(C)C)c6ccc(O)c7c6OCC(=O)N7)cc5)c4)cc23)c1. The lowest BCUT2D eigenvalue weighted by Gasteiger charge is -2.40. The van der Waals surface area contributed by atoms with E-state index in [9.17, 15) is 14.7 Å². The van der Waals surface area contributed by atoms with E-state index in [0.717, 1.165) is 71.1 Å². The van der Waals surface area contributed by atoms with E-state index in [1.165, 1.54) is 16.7 Å². The molecule has 1 aliphatic rings. The van der Waals surface area contributed by atoms with E-state index in [2.05, 4.69) is 115 Å². The van der Waals surface area contributed by atoms with Crippen LogP contribution in [0, 0.1) is 6.92 Å². The highest BCUT2D eigenvalue weighted by molar-refractivity contribution is 6.74. The number of amides is 2. The molecule has 2 heterocycles. The summed E-state index contributed by atoms with van der Waals surface area (Å²) in [6, 6.07) is 32.8. The van der Waals surface area contributed by atoms with Gasteiger partial charge in [-0.25, -0.2) is 0 Å². The zero-order chi connectivity index (χ0) is 45.6. The van der Waals surface area contributed by atoms with Crippen LogP contribution in [0.4, 0.5) is 17.1 Å². The topological polar surface area (TPSA) is 157 Å². The van der Waals surface area contributed by atoms with Crippen molar-refractivity contribution < 1.29 is 28.6 Å². The molecule has 0 saturated carbocycles. The van der Waals surface area contributed by atoms with E-state index in [1.807, 2.05) is 37.3 Å². The average Bonchev–Trinajstić information content (AvgIpc) is 3.26. The number of aryl methyl sites for hydroxylation is 2. The molecule has 6 N–H and O–H groups in total. The molecule has 64 heavy (non-hydrogen) atoms. The number of nitrogens with two attached hydrogens (primary N) is 1. The molecule has 334 valence electrons. The average molecular weight is 880 g/mol. The first-order valence-electron chi connectivity index (χ1n) is 22.1. The number of carbonyl (C=O) groups is 2. The van der Waals surface area contributed by atoms with Gasteiger partial charge in [-0.15, -0.1) is 0 Å². The van der Waals surface area contributed by atoms with Gasteiger partial charge in [0.2, 0.25) is 0 Å². The number of aromatic nitrogens is 1. The summed E-state index contributed by atoms with van der Waals surface area (Å²) in [7, 11) is -0.558. The molecule has 12 heteroatoms. The van der Waals surface area contributed by atoms with E-state index < -0.39 is 14.2 Å². The number of methoxy groups -OCH3 is 1. The van der Waals surface area contributed by atoms with E-state index in [0.29, 0.717) is 41.4 Å². The molecule has 1 atom stereocenters. The summed E-state index contributed by atoms with van der Waals surface area (Å²) in [5.41, 5.74) is 16.4. The molecule has 6 aromatic rings. The van der Waals surface area contributed by atoms with Crippen LogP contribution in [0.2, 0.25) is 18.1 Å². The zero-order valence-electron chi connectivity index (χ0n) is 38.1. The van der Waals surface area contributed by atoms with Crippen molar-refractivity contribution in [3.05, 3.63) is 137 Å². The number of pyridine rings is 1. The first-order valence-corrected chi connectivity index (χ1v) is 25.0. The van der Waals surface area contributed by atoms with Crippen molar-refractivity contribution >= 4 is 48.1 Å². The van der Waals surface area contributed by atoms with Crippen molar-refractivity contribution in [3.8, 4) is 28.4 Å². The van der Waals surface area contributed by atoms with Gasteiger partial charge in [-0.2, -0.15) is 0 Å². The van der Waals surface area contributed by atoms with Crippen LogP contribution in [0.5, 0.6) is 17.2 Å². The smallest absolute Gasteiger partial charge is 0.262 e. The standard InChI is InChI=1S/C52H61N5O6Si/c1-33-25-36(28-42-47(33)55-30-43(51(53)60)48(42)56-39-16-12-17-40(29-39)61-5)26-35-14-11-15-38(27-35)37-20-18-34(19-21-37)13-9-8-10-24-54-31-45(63-64(6,7)52(2,3)4)41-22-23-44(58)49-50(41)62-32-46(59)57-49/h11-12,14-23,25,27-30,45,54,58H,8-10,13,24,26,31-32H2,1-7H3,(H2,53,60)(H,55,56)(H,57,59)/t45-/m0/s1. The maximum absolute atomic E-state index is 12.6. The maximum atomic E-state index is 12.6. The second kappa shape index (κ2) is 19.7. The van der Waals surface area contributed by atoms with E-state index in [-0.39, 0.29) is 29.4 Å². The van der Waals surface area contributed by atoms with Crippen LogP contribution in [0.1, 0.15) is 84.3 Å². The molecule has 2 amide bonds. The highest BCUT2D eigenvalue weighted by atomic mass is 28.4. The predicted octanol–water partition coefficient (Wildman–Crippen LogP) is 10.8. The van der Waals surface area contributed by atoms with Crippen molar-refractivity contribution in [2.75, 3.05) is 37.4 Å². The van der Waals surface area contributed by atoms with E-state index >= 15 is 0 Å². The normalized spacial score (nSPS) is 13.2. The Morgan fingerprint density at radius 2 is 1.72 bits per heavy atom. The molecule has 0 bridgehead atoms. The monoisotopic (exact) mass is 879 g/mol. The molecule has 0 saturated heterocycles. The molecule has 0 fully saturated rings. The molecular formula is C52H61N5O6Si. The Morgan fingerprint density at radius 1 is 0.938 bits per heavy atom. The van der Waals surface area contributed by atoms with Crippen molar-refractivity contribution in [1.82, 2.24) is 10.3 Å². The van der Waals surface area contributed by atoms with Crippen molar-refractivity contribution in [2.24, 2.45) is 5.73 Å². The van der Waals surface area contributed by atoms with Gasteiger partial charge in [0.1, 0.15) is 17.2 Å². The molecule has 0 spiro atoms. The van der Waals surface area contributed by atoms with Gasteiger partial charge in [0, 0.05) is 35.4 Å². The highest BCUT2D eigenvalue weighted by Gasteiger charge is 2.40. The fourth-order valence-corrected chi connectivity index (χ4v) is 9.23. The lowest BCUT2D eigenvalue weighted by Crippen LogP contribution is -2.43. The van der Waals surface area contributed by atoms with Gasteiger partial charge < -0.3 is 40.7 Å². The third-order valence-electron chi connectivity index (χ3n) is 12.5. The lowest BCUT2D eigenvalue weighted by atomic mass is 9.95. The number of nitrogens with one attached hydrogen (secondary N) is 3. The number of rotatable bonds is 18. The largest absolute Gasteiger partial charge is 0.506 e. The minimum absolute atomic E-state index is 0.000103. The summed E-state index contributed by atoms with van der Waals surface area (Å²) >= 11 is 0. The number of aromatic hydroxyl groups is 1. The van der Waals surface area contributed by atoms with Crippen LogP contribution in [-0.2, 0) is 22.1 Å². The maximum Gasteiger partial charge on any atom is 0.262 e. The second-order valence-electron chi connectivity index (χ2n) is 18.2. The molecule has 1 aromatic heterocycles. The number of phenols is 1. The number of nitrogens with zero attached hydrogens (tertiary/aromatic N) is 1. The molecule has 7 rings (SSSR count). The van der Waals surface area contributed by atoms with Gasteiger partial charge in [-0.1, -0.05) is 87.9 Å². The quantitative estimate of drug-likeness (QED) is 0.0322. The van der Waals surface area contributed by atoms with Crippen LogP contribution in [0.25, 0.3) is 22.0 Å². The first-order chi connectivity index (χ1) is 30.6. The summed E-state index contributed by atoms with van der Waals surface area (Å²) < 4.78 is 18.2. The Bertz CT molecular complexity index is 2640. The Labute approximate surface area is 377 Å². The Morgan fingerprint density at radius 3 is 2.47 bits per heavy atom. The number of phenolic OH excluding ortho intramolecular Hbond substituents is 1. The van der Waals surface area contributed by atoms with Gasteiger partial charge in [0.15, 0.2) is 20.7 Å². The van der Waals surface area contributed by atoms with Crippen LogP contribution in [0.3, 0.4) is 0 Å². The number of ether oxygens (including phenoxy) is 2. The third-order valence-corrected chi connectivity index (χ3v) is 17.0. The van der Waals surface area contributed by atoms with E-state index in [1.54, 1.807) is 19.4 Å². The number of anilines is 3. The Kier molecular flexibility index (Phi) is 14.1. The Balaban J connectivity index is 0.951. The number of hydrogen-bond donors (Lipinski definition) is 5.